The Morgan fingerprint density at radius 2 is 1.67 bits per heavy atom. The topological polar surface area (TPSA) is 0 Å². The molecule has 0 fully saturated rings. The van der Waals surface area contributed by atoms with Crippen molar-refractivity contribution in [3.8, 4) is 11.1 Å². The number of halogens is 5. The van der Waals surface area contributed by atoms with Crippen LogP contribution in [0.15, 0.2) is 36.4 Å². The largest absolute Gasteiger partial charge is 0.417 e. The minimum Gasteiger partial charge on any atom is -0.207 e. The molecule has 0 aliphatic heterocycles. The monoisotopic (exact) mass is 257 g/mol. The van der Waals surface area contributed by atoms with Crippen molar-refractivity contribution < 1.29 is 22.0 Å². The molecule has 5 heteroatoms. The number of benzene rings is 2. The van der Waals surface area contributed by atoms with E-state index in [1.807, 2.05) is 6.07 Å². The molecule has 0 aromatic heterocycles. The summed E-state index contributed by atoms with van der Waals surface area (Å²) in [5.41, 5.74) is -1.06. The van der Waals surface area contributed by atoms with E-state index in [0.29, 0.717) is 6.07 Å². The van der Waals surface area contributed by atoms with Gasteiger partial charge in [-0.25, -0.2) is 8.78 Å². The summed E-state index contributed by atoms with van der Waals surface area (Å²) in [6, 6.07) is 7.85. The SMILES string of the molecule is Fc1ccc(-c2cc[c]c(C(F)(F)F)c2)c(F)c1. The molecule has 0 N–H and O–H groups in total. The summed E-state index contributed by atoms with van der Waals surface area (Å²) in [5.74, 6) is -1.69. The van der Waals surface area contributed by atoms with Crippen molar-refractivity contribution >= 4 is 0 Å². The lowest BCUT2D eigenvalue weighted by atomic mass is 10.0. The maximum Gasteiger partial charge on any atom is 0.417 e. The number of rotatable bonds is 1. The average molecular weight is 257 g/mol. The van der Waals surface area contributed by atoms with E-state index >= 15 is 0 Å². The molecule has 0 nitrogen and oxygen atoms in total. The van der Waals surface area contributed by atoms with E-state index in [4.69, 9.17) is 0 Å². The van der Waals surface area contributed by atoms with Gasteiger partial charge in [0, 0.05) is 11.6 Å². The van der Waals surface area contributed by atoms with Gasteiger partial charge in [-0.15, -0.1) is 0 Å². The highest BCUT2D eigenvalue weighted by molar-refractivity contribution is 5.64. The zero-order valence-electron chi connectivity index (χ0n) is 8.85. The summed E-state index contributed by atoms with van der Waals surface area (Å²) in [5, 5.41) is 0. The van der Waals surface area contributed by atoms with E-state index in [1.165, 1.54) is 6.07 Å². The predicted octanol–water partition coefficient (Wildman–Crippen LogP) is 4.45. The second kappa shape index (κ2) is 4.40. The second-order valence-electron chi connectivity index (χ2n) is 3.61. The van der Waals surface area contributed by atoms with Crippen LogP contribution in [0.4, 0.5) is 22.0 Å². The van der Waals surface area contributed by atoms with E-state index in [1.54, 1.807) is 0 Å². The maximum atomic E-state index is 13.4. The zero-order chi connectivity index (χ0) is 13.3. The van der Waals surface area contributed by atoms with Crippen LogP contribution in [0.2, 0.25) is 0 Å². The first-order valence-electron chi connectivity index (χ1n) is 4.92. The lowest BCUT2D eigenvalue weighted by Gasteiger charge is -2.09. The molecule has 2 aromatic rings. The van der Waals surface area contributed by atoms with Crippen molar-refractivity contribution in [1.82, 2.24) is 0 Å². The Morgan fingerprint density at radius 1 is 0.944 bits per heavy atom. The highest BCUT2D eigenvalue weighted by Gasteiger charge is 2.30. The van der Waals surface area contributed by atoms with Gasteiger partial charge in [0.15, 0.2) is 0 Å². The molecule has 0 saturated heterocycles. The van der Waals surface area contributed by atoms with Gasteiger partial charge in [0.05, 0.1) is 5.56 Å². The fourth-order valence-corrected chi connectivity index (χ4v) is 1.52. The number of alkyl halides is 3. The van der Waals surface area contributed by atoms with E-state index in [0.717, 1.165) is 24.3 Å². The number of hydrogen-bond acceptors (Lipinski definition) is 0. The van der Waals surface area contributed by atoms with Crippen LogP contribution in [0.5, 0.6) is 0 Å². The van der Waals surface area contributed by atoms with Crippen molar-refractivity contribution in [2.75, 3.05) is 0 Å². The quantitative estimate of drug-likeness (QED) is 0.662. The van der Waals surface area contributed by atoms with Crippen molar-refractivity contribution in [2.45, 2.75) is 6.18 Å². The number of hydrogen-bond donors (Lipinski definition) is 0. The van der Waals surface area contributed by atoms with Crippen LogP contribution < -0.4 is 0 Å². The van der Waals surface area contributed by atoms with Gasteiger partial charge >= 0.3 is 6.18 Å². The Bertz CT molecular complexity index is 572. The van der Waals surface area contributed by atoms with Crippen molar-refractivity contribution in [2.24, 2.45) is 0 Å². The minimum atomic E-state index is -4.55. The molecule has 0 aliphatic carbocycles. The lowest BCUT2D eigenvalue weighted by Crippen LogP contribution is -2.05. The first-order valence-corrected chi connectivity index (χ1v) is 4.92. The van der Waals surface area contributed by atoms with Crippen molar-refractivity contribution in [1.29, 1.82) is 0 Å². The van der Waals surface area contributed by atoms with Crippen LogP contribution in [-0.4, -0.2) is 0 Å². The van der Waals surface area contributed by atoms with E-state index in [9.17, 15) is 22.0 Å². The van der Waals surface area contributed by atoms with Crippen molar-refractivity contribution in [3.05, 3.63) is 59.7 Å². The molecular formula is C13H6F5. The van der Waals surface area contributed by atoms with Gasteiger partial charge in [0.1, 0.15) is 11.6 Å². The van der Waals surface area contributed by atoms with Gasteiger partial charge in [-0.1, -0.05) is 12.1 Å². The minimum absolute atomic E-state index is 0.0265. The lowest BCUT2D eigenvalue weighted by molar-refractivity contribution is -0.137. The highest BCUT2D eigenvalue weighted by atomic mass is 19.4. The first kappa shape index (κ1) is 12.5. The molecule has 0 heterocycles. The van der Waals surface area contributed by atoms with Gasteiger partial charge in [-0.2, -0.15) is 13.2 Å². The molecule has 0 aliphatic rings. The van der Waals surface area contributed by atoms with Gasteiger partial charge in [-0.05, 0) is 29.8 Å². The van der Waals surface area contributed by atoms with Gasteiger partial charge in [0.2, 0.25) is 0 Å². The molecule has 0 saturated carbocycles. The van der Waals surface area contributed by atoms with Crippen LogP contribution in [0.1, 0.15) is 5.56 Å². The van der Waals surface area contributed by atoms with Gasteiger partial charge < -0.3 is 0 Å². The molecular weight excluding hydrogens is 251 g/mol. The molecule has 2 rings (SSSR count). The van der Waals surface area contributed by atoms with Crippen LogP contribution in [0.25, 0.3) is 11.1 Å². The Kier molecular flexibility index (Phi) is 3.07. The normalized spacial score (nSPS) is 11.6. The standard InChI is InChI=1S/C13H6F5/c14-10-4-5-11(12(15)7-10)8-2-1-3-9(6-8)13(16,17)18/h1-2,4-7H. The molecule has 0 spiro atoms. The van der Waals surface area contributed by atoms with Gasteiger partial charge in [-0.3, -0.25) is 0 Å². The maximum absolute atomic E-state index is 13.4. The first-order chi connectivity index (χ1) is 8.38. The van der Waals surface area contributed by atoms with E-state index in [-0.39, 0.29) is 11.1 Å². The molecule has 0 bridgehead atoms. The zero-order valence-corrected chi connectivity index (χ0v) is 8.85. The molecule has 0 atom stereocenters. The van der Waals surface area contributed by atoms with Crippen LogP contribution in [0.3, 0.4) is 0 Å². The van der Waals surface area contributed by atoms with Crippen LogP contribution >= 0.6 is 0 Å². The smallest absolute Gasteiger partial charge is 0.207 e. The fraction of sp³-hybridized carbons (Fsp3) is 0.0769. The predicted molar refractivity (Wildman–Crippen MR) is 55.6 cm³/mol. The summed E-state index contributed by atoms with van der Waals surface area (Å²) < 4.78 is 63.5. The summed E-state index contributed by atoms with van der Waals surface area (Å²) in [6.45, 7) is 0. The second-order valence-corrected chi connectivity index (χ2v) is 3.61. The molecule has 1 radical (unpaired) electrons. The van der Waals surface area contributed by atoms with Crippen LogP contribution in [-0.2, 0) is 6.18 Å². The Balaban J connectivity index is 2.51. The molecule has 18 heavy (non-hydrogen) atoms. The van der Waals surface area contributed by atoms with Crippen molar-refractivity contribution in [3.63, 3.8) is 0 Å². The molecule has 0 unspecified atom stereocenters. The Morgan fingerprint density at radius 3 is 2.28 bits per heavy atom. The third-order valence-electron chi connectivity index (χ3n) is 2.35. The average Bonchev–Trinajstić information content (AvgIpc) is 2.28. The fourth-order valence-electron chi connectivity index (χ4n) is 1.52. The molecule has 2 aromatic carbocycles. The molecule has 93 valence electrons. The summed E-state index contributed by atoms with van der Waals surface area (Å²) in [6.07, 6.45) is -4.55. The third kappa shape index (κ3) is 2.50. The molecule has 0 amide bonds. The summed E-state index contributed by atoms with van der Waals surface area (Å²) in [4.78, 5) is 0. The van der Waals surface area contributed by atoms with Crippen LogP contribution in [0, 0.1) is 17.7 Å². The Hall–Kier alpha value is -1.91. The van der Waals surface area contributed by atoms with E-state index in [2.05, 4.69) is 0 Å². The van der Waals surface area contributed by atoms with E-state index < -0.39 is 23.4 Å². The Labute approximate surface area is 99.7 Å². The third-order valence-corrected chi connectivity index (χ3v) is 2.35. The summed E-state index contributed by atoms with van der Waals surface area (Å²) >= 11 is 0. The highest BCUT2D eigenvalue weighted by Crippen LogP contribution is 2.32. The van der Waals surface area contributed by atoms with Gasteiger partial charge in [0.25, 0.3) is 0 Å². The summed E-state index contributed by atoms with van der Waals surface area (Å²) in [7, 11) is 0.